The fourth-order valence-corrected chi connectivity index (χ4v) is 3.02. The highest BCUT2D eigenvalue weighted by Crippen LogP contribution is 2.29. The van der Waals surface area contributed by atoms with Crippen molar-refractivity contribution >= 4 is 23.7 Å². The molecule has 1 aromatic heterocycles. The lowest BCUT2D eigenvalue weighted by atomic mass is 10.0. The summed E-state index contributed by atoms with van der Waals surface area (Å²) in [7, 11) is 0. The minimum absolute atomic E-state index is 0.117. The molecule has 0 fully saturated rings. The number of nitrogens with zero attached hydrogens (tertiary/aromatic N) is 3. The summed E-state index contributed by atoms with van der Waals surface area (Å²) in [6, 6.07) is 18.4. The predicted octanol–water partition coefficient (Wildman–Crippen LogP) is 2.62. The fourth-order valence-electron chi connectivity index (χ4n) is 3.02. The highest BCUT2D eigenvalue weighted by Gasteiger charge is 2.29. The summed E-state index contributed by atoms with van der Waals surface area (Å²) in [6.07, 6.45) is -0.483. The Morgan fingerprint density at radius 2 is 1.86 bits per heavy atom. The Balaban J connectivity index is 1.51. The third-order valence-corrected chi connectivity index (χ3v) is 4.40. The number of para-hydroxylation sites is 1. The van der Waals surface area contributed by atoms with Crippen molar-refractivity contribution in [2.75, 3.05) is 10.6 Å². The predicted molar refractivity (Wildman–Crippen MR) is 103 cm³/mol. The molecule has 2 N–H and O–H groups in total. The normalized spacial score (nSPS) is 16.6. The molecule has 0 radical (unpaired) electrons. The number of amides is 2. The molecule has 8 heteroatoms. The maximum Gasteiger partial charge on any atom is 0.267 e. The lowest BCUT2D eigenvalue weighted by Crippen LogP contribution is -2.30. The SMILES string of the molecule is C[C@H](Oc1ccccc1)C(=O)Nc1nc2n(n1)[C@H](c1ccccc1)CC(=O)N2. The van der Waals surface area contributed by atoms with Gasteiger partial charge in [-0.25, -0.2) is 4.68 Å². The molecule has 3 aromatic rings. The van der Waals surface area contributed by atoms with Crippen LogP contribution in [0.3, 0.4) is 0 Å². The maximum absolute atomic E-state index is 12.4. The van der Waals surface area contributed by atoms with E-state index in [9.17, 15) is 9.59 Å². The van der Waals surface area contributed by atoms with E-state index in [-0.39, 0.29) is 30.2 Å². The van der Waals surface area contributed by atoms with Crippen LogP contribution in [0.5, 0.6) is 5.75 Å². The number of rotatable bonds is 5. The molecule has 1 aliphatic heterocycles. The van der Waals surface area contributed by atoms with E-state index in [1.807, 2.05) is 48.5 Å². The van der Waals surface area contributed by atoms with Gasteiger partial charge >= 0.3 is 0 Å². The van der Waals surface area contributed by atoms with Gasteiger partial charge in [-0.15, -0.1) is 5.10 Å². The van der Waals surface area contributed by atoms with Crippen molar-refractivity contribution in [3.8, 4) is 5.75 Å². The Labute approximate surface area is 161 Å². The Bertz CT molecular complexity index is 988. The first kappa shape index (κ1) is 17.7. The quantitative estimate of drug-likeness (QED) is 0.712. The first-order valence-electron chi connectivity index (χ1n) is 8.94. The molecule has 1 aliphatic rings. The van der Waals surface area contributed by atoms with Crippen LogP contribution in [0.2, 0.25) is 0 Å². The molecule has 28 heavy (non-hydrogen) atoms. The molecule has 0 aliphatic carbocycles. The molecule has 0 spiro atoms. The van der Waals surface area contributed by atoms with Gasteiger partial charge in [-0.1, -0.05) is 48.5 Å². The van der Waals surface area contributed by atoms with Gasteiger partial charge in [-0.3, -0.25) is 20.2 Å². The van der Waals surface area contributed by atoms with Crippen LogP contribution in [0.15, 0.2) is 60.7 Å². The topological polar surface area (TPSA) is 98.1 Å². The zero-order valence-corrected chi connectivity index (χ0v) is 15.2. The van der Waals surface area contributed by atoms with E-state index in [1.54, 1.807) is 23.7 Å². The van der Waals surface area contributed by atoms with Gasteiger partial charge < -0.3 is 4.74 Å². The van der Waals surface area contributed by atoms with Crippen LogP contribution in [0.4, 0.5) is 11.9 Å². The van der Waals surface area contributed by atoms with E-state index in [0.717, 1.165) is 5.56 Å². The van der Waals surface area contributed by atoms with Gasteiger partial charge in [0.1, 0.15) is 5.75 Å². The number of hydrogen-bond acceptors (Lipinski definition) is 5. The maximum atomic E-state index is 12.4. The molecule has 0 bridgehead atoms. The molecule has 4 rings (SSSR count). The second-order valence-corrected chi connectivity index (χ2v) is 6.44. The highest BCUT2D eigenvalue weighted by molar-refractivity contribution is 5.94. The molecule has 0 unspecified atom stereocenters. The summed E-state index contributed by atoms with van der Waals surface area (Å²) < 4.78 is 7.23. The number of carbonyl (C=O) groups is 2. The third-order valence-electron chi connectivity index (χ3n) is 4.40. The van der Waals surface area contributed by atoms with Gasteiger partial charge in [0.05, 0.1) is 12.5 Å². The average Bonchev–Trinajstić information content (AvgIpc) is 3.10. The highest BCUT2D eigenvalue weighted by atomic mass is 16.5. The molecular formula is C20H19N5O3. The second kappa shape index (κ2) is 7.51. The molecule has 2 heterocycles. The van der Waals surface area contributed by atoms with Crippen LogP contribution in [-0.2, 0) is 9.59 Å². The molecule has 8 nitrogen and oxygen atoms in total. The molecule has 2 aromatic carbocycles. The molecule has 2 amide bonds. The van der Waals surface area contributed by atoms with Crippen LogP contribution in [0.1, 0.15) is 24.9 Å². The van der Waals surface area contributed by atoms with Crippen molar-refractivity contribution in [1.29, 1.82) is 0 Å². The van der Waals surface area contributed by atoms with Crippen molar-refractivity contribution in [2.45, 2.75) is 25.5 Å². The van der Waals surface area contributed by atoms with E-state index < -0.39 is 6.10 Å². The Kier molecular flexibility index (Phi) is 4.76. The lowest BCUT2D eigenvalue weighted by Gasteiger charge is -2.23. The first-order chi connectivity index (χ1) is 13.6. The van der Waals surface area contributed by atoms with Crippen LogP contribution in [0, 0.1) is 0 Å². The van der Waals surface area contributed by atoms with E-state index in [0.29, 0.717) is 11.7 Å². The first-order valence-corrected chi connectivity index (χ1v) is 8.94. The number of benzene rings is 2. The zero-order valence-electron chi connectivity index (χ0n) is 15.2. The monoisotopic (exact) mass is 377 g/mol. The van der Waals surface area contributed by atoms with E-state index in [2.05, 4.69) is 20.7 Å². The Hall–Kier alpha value is -3.68. The van der Waals surface area contributed by atoms with Crippen LogP contribution >= 0.6 is 0 Å². The molecule has 142 valence electrons. The van der Waals surface area contributed by atoms with Crippen LogP contribution < -0.4 is 15.4 Å². The van der Waals surface area contributed by atoms with E-state index in [4.69, 9.17) is 4.74 Å². The summed E-state index contributed by atoms with van der Waals surface area (Å²) >= 11 is 0. The van der Waals surface area contributed by atoms with Crippen LogP contribution in [-0.4, -0.2) is 32.7 Å². The number of fused-ring (bicyclic) bond motifs is 1. The molecule has 2 atom stereocenters. The summed E-state index contributed by atoms with van der Waals surface area (Å²) in [5.41, 5.74) is 0.946. The van der Waals surface area contributed by atoms with E-state index >= 15 is 0 Å². The van der Waals surface area contributed by atoms with Gasteiger partial charge in [0.25, 0.3) is 11.9 Å². The van der Waals surface area contributed by atoms with Gasteiger partial charge in [0, 0.05) is 0 Å². The number of aromatic nitrogens is 3. The van der Waals surface area contributed by atoms with Gasteiger partial charge in [0.2, 0.25) is 11.9 Å². The lowest BCUT2D eigenvalue weighted by molar-refractivity contribution is -0.122. The summed E-state index contributed by atoms with van der Waals surface area (Å²) in [4.78, 5) is 28.7. The van der Waals surface area contributed by atoms with Crippen LogP contribution in [0.25, 0.3) is 0 Å². The van der Waals surface area contributed by atoms with Crippen molar-refractivity contribution in [3.63, 3.8) is 0 Å². The van der Waals surface area contributed by atoms with E-state index in [1.165, 1.54) is 0 Å². The largest absolute Gasteiger partial charge is 0.481 e. The summed E-state index contributed by atoms with van der Waals surface area (Å²) in [5.74, 6) is 0.490. The van der Waals surface area contributed by atoms with Crippen molar-refractivity contribution in [2.24, 2.45) is 0 Å². The Morgan fingerprint density at radius 3 is 2.57 bits per heavy atom. The Morgan fingerprint density at radius 1 is 1.18 bits per heavy atom. The summed E-state index contributed by atoms with van der Waals surface area (Å²) in [5, 5.41) is 9.71. The number of nitrogens with one attached hydrogen (secondary N) is 2. The minimum atomic E-state index is -0.734. The number of anilines is 2. The summed E-state index contributed by atoms with van der Waals surface area (Å²) in [6.45, 7) is 1.65. The van der Waals surface area contributed by atoms with Crippen molar-refractivity contribution in [3.05, 3.63) is 66.2 Å². The smallest absolute Gasteiger partial charge is 0.267 e. The van der Waals surface area contributed by atoms with Gasteiger partial charge in [-0.2, -0.15) is 4.98 Å². The second-order valence-electron chi connectivity index (χ2n) is 6.44. The number of ether oxygens (including phenoxy) is 1. The van der Waals surface area contributed by atoms with Crippen molar-refractivity contribution < 1.29 is 14.3 Å². The molecule has 0 saturated heterocycles. The fraction of sp³-hybridized carbons (Fsp3) is 0.200. The standard InChI is InChI=1S/C20H19N5O3/c1-13(28-15-10-6-3-7-11-15)18(27)22-19-23-20-21-17(26)12-16(25(20)24-19)14-8-4-2-5-9-14/h2-11,13,16H,12H2,1H3,(H2,21,22,23,24,26,27)/t13-,16-/m0/s1. The van der Waals surface area contributed by atoms with Gasteiger partial charge in [-0.05, 0) is 24.6 Å². The molecular weight excluding hydrogens is 358 g/mol. The third kappa shape index (κ3) is 3.71. The number of hydrogen-bond donors (Lipinski definition) is 2. The zero-order chi connectivity index (χ0) is 19.5. The minimum Gasteiger partial charge on any atom is -0.481 e. The molecule has 0 saturated carbocycles. The number of carbonyl (C=O) groups excluding carboxylic acids is 2. The average molecular weight is 377 g/mol. The van der Waals surface area contributed by atoms with Gasteiger partial charge in [0.15, 0.2) is 6.10 Å². The van der Waals surface area contributed by atoms with Crippen molar-refractivity contribution in [1.82, 2.24) is 14.8 Å².